The van der Waals surface area contributed by atoms with Gasteiger partial charge in [0.1, 0.15) is 11.6 Å². The molecule has 0 aliphatic carbocycles. The molecule has 104 valence electrons. The average Bonchev–Trinajstić information content (AvgIpc) is 2.39. The van der Waals surface area contributed by atoms with Gasteiger partial charge in [0.05, 0.1) is 21.4 Å². The van der Waals surface area contributed by atoms with Gasteiger partial charge >= 0.3 is 0 Å². The van der Waals surface area contributed by atoms with E-state index in [9.17, 15) is 13.6 Å². The summed E-state index contributed by atoms with van der Waals surface area (Å²) < 4.78 is 26.4. The van der Waals surface area contributed by atoms with E-state index < -0.39 is 17.5 Å². The van der Waals surface area contributed by atoms with Crippen molar-refractivity contribution >= 4 is 40.5 Å². The molecule has 7 heteroatoms. The summed E-state index contributed by atoms with van der Waals surface area (Å²) in [4.78, 5) is 11.9. The minimum Gasteiger partial charge on any atom is -0.396 e. The number of amides is 1. The molecule has 3 N–H and O–H groups in total. The Balaban J connectivity index is 2.31. The van der Waals surface area contributed by atoms with Crippen LogP contribution in [0.15, 0.2) is 30.3 Å². The summed E-state index contributed by atoms with van der Waals surface area (Å²) in [5.74, 6) is -2.11. The van der Waals surface area contributed by atoms with Gasteiger partial charge in [-0.2, -0.15) is 0 Å². The smallest absolute Gasteiger partial charge is 0.255 e. The van der Waals surface area contributed by atoms with Crippen LogP contribution in [-0.2, 0) is 0 Å². The van der Waals surface area contributed by atoms with Gasteiger partial charge in [-0.25, -0.2) is 8.78 Å². The number of nitrogens with two attached hydrogens (primary N) is 1. The third-order valence-corrected chi connectivity index (χ3v) is 3.14. The quantitative estimate of drug-likeness (QED) is 0.819. The molecule has 2 aromatic carbocycles. The Labute approximate surface area is 123 Å². The van der Waals surface area contributed by atoms with E-state index in [0.717, 1.165) is 18.2 Å². The van der Waals surface area contributed by atoms with Crippen molar-refractivity contribution in [3.63, 3.8) is 0 Å². The Kier molecular flexibility index (Phi) is 4.11. The van der Waals surface area contributed by atoms with Crippen molar-refractivity contribution in [2.24, 2.45) is 0 Å². The first-order chi connectivity index (χ1) is 9.38. The molecule has 0 aliphatic rings. The standard InChI is InChI=1S/C13H8Cl2F2N2O/c14-8-3-6(4-9(15)12(8)18)13(20)19-11-5-7(16)1-2-10(11)17/h1-5H,18H2,(H,19,20). The summed E-state index contributed by atoms with van der Waals surface area (Å²) in [6.45, 7) is 0. The van der Waals surface area contributed by atoms with Gasteiger partial charge in [0.2, 0.25) is 0 Å². The molecule has 3 nitrogen and oxygen atoms in total. The Morgan fingerprint density at radius 3 is 2.30 bits per heavy atom. The van der Waals surface area contributed by atoms with Crippen molar-refractivity contribution in [2.75, 3.05) is 11.1 Å². The van der Waals surface area contributed by atoms with E-state index in [-0.39, 0.29) is 27.0 Å². The number of anilines is 2. The Bertz CT molecular complexity index is 669. The summed E-state index contributed by atoms with van der Waals surface area (Å²) in [5, 5.41) is 2.43. The van der Waals surface area contributed by atoms with Crippen LogP contribution in [-0.4, -0.2) is 5.91 Å². The first-order valence-electron chi connectivity index (χ1n) is 5.39. The molecule has 0 aliphatic heterocycles. The van der Waals surface area contributed by atoms with Crippen molar-refractivity contribution in [3.8, 4) is 0 Å². The predicted molar refractivity (Wildman–Crippen MR) is 75.2 cm³/mol. The van der Waals surface area contributed by atoms with Crippen LogP contribution in [0.4, 0.5) is 20.2 Å². The fourth-order valence-corrected chi connectivity index (χ4v) is 1.99. The maximum Gasteiger partial charge on any atom is 0.255 e. The highest BCUT2D eigenvalue weighted by atomic mass is 35.5. The minimum absolute atomic E-state index is 0.0814. The number of nitrogens with one attached hydrogen (secondary N) is 1. The van der Waals surface area contributed by atoms with E-state index in [1.165, 1.54) is 12.1 Å². The maximum absolute atomic E-state index is 13.4. The molecule has 1 amide bonds. The number of hydrogen-bond donors (Lipinski definition) is 2. The van der Waals surface area contributed by atoms with Gasteiger partial charge in [0.15, 0.2) is 0 Å². The van der Waals surface area contributed by atoms with E-state index in [4.69, 9.17) is 28.9 Å². The molecule has 0 fully saturated rings. The lowest BCUT2D eigenvalue weighted by atomic mass is 10.2. The van der Waals surface area contributed by atoms with Crippen LogP contribution in [0.3, 0.4) is 0 Å². The zero-order valence-corrected chi connectivity index (χ0v) is 11.4. The van der Waals surface area contributed by atoms with E-state index >= 15 is 0 Å². The van der Waals surface area contributed by atoms with Crippen LogP contribution in [0.25, 0.3) is 0 Å². The molecule has 0 atom stereocenters. The lowest BCUT2D eigenvalue weighted by Gasteiger charge is -2.08. The largest absolute Gasteiger partial charge is 0.396 e. The second-order valence-electron chi connectivity index (χ2n) is 3.93. The molecule has 2 aromatic rings. The Hall–Kier alpha value is -1.85. The van der Waals surface area contributed by atoms with Gasteiger partial charge in [-0.1, -0.05) is 23.2 Å². The lowest BCUT2D eigenvalue weighted by Crippen LogP contribution is -2.13. The van der Waals surface area contributed by atoms with Crippen LogP contribution in [0, 0.1) is 11.6 Å². The van der Waals surface area contributed by atoms with Crippen molar-refractivity contribution < 1.29 is 13.6 Å². The first kappa shape index (κ1) is 14.6. The number of hydrogen-bond acceptors (Lipinski definition) is 2. The molecule has 2 rings (SSSR count). The molecule has 0 aromatic heterocycles. The van der Waals surface area contributed by atoms with E-state index in [1.54, 1.807) is 0 Å². The molecule has 0 unspecified atom stereocenters. The van der Waals surface area contributed by atoms with Gasteiger partial charge in [-0.05, 0) is 24.3 Å². The van der Waals surface area contributed by atoms with Gasteiger partial charge in [0, 0.05) is 11.6 Å². The van der Waals surface area contributed by atoms with E-state index in [0.29, 0.717) is 0 Å². The van der Waals surface area contributed by atoms with Crippen LogP contribution in [0.1, 0.15) is 10.4 Å². The molecule has 0 saturated carbocycles. The molecular weight excluding hydrogens is 309 g/mol. The summed E-state index contributed by atoms with van der Waals surface area (Å²) in [5.41, 5.74) is 5.49. The molecule has 20 heavy (non-hydrogen) atoms. The number of carbonyl (C=O) groups is 1. The normalized spacial score (nSPS) is 10.4. The minimum atomic E-state index is -0.757. The fourth-order valence-electron chi connectivity index (χ4n) is 1.50. The Morgan fingerprint density at radius 2 is 1.70 bits per heavy atom. The molecule has 0 bridgehead atoms. The van der Waals surface area contributed by atoms with E-state index in [1.807, 2.05) is 0 Å². The zero-order valence-electron chi connectivity index (χ0n) is 9.88. The van der Waals surface area contributed by atoms with E-state index in [2.05, 4.69) is 5.32 Å². The Morgan fingerprint density at radius 1 is 1.10 bits per heavy atom. The highest BCUT2D eigenvalue weighted by Crippen LogP contribution is 2.29. The molecule has 0 radical (unpaired) electrons. The van der Waals surface area contributed by atoms with Crippen LogP contribution < -0.4 is 11.1 Å². The van der Waals surface area contributed by atoms with Gasteiger partial charge in [0.25, 0.3) is 5.91 Å². The SMILES string of the molecule is Nc1c(Cl)cc(C(=O)Nc2cc(F)ccc2F)cc1Cl. The lowest BCUT2D eigenvalue weighted by molar-refractivity contribution is 0.102. The number of carbonyl (C=O) groups excluding carboxylic acids is 1. The fraction of sp³-hybridized carbons (Fsp3) is 0. The van der Waals surface area contributed by atoms with Gasteiger partial charge in [-0.15, -0.1) is 0 Å². The second-order valence-corrected chi connectivity index (χ2v) is 4.75. The second kappa shape index (κ2) is 5.64. The van der Waals surface area contributed by atoms with Crippen molar-refractivity contribution in [2.45, 2.75) is 0 Å². The average molecular weight is 317 g/mol. The van der Waals surface area contributed by atoms with Crippen molar-refractivity contribution in [1.82, 2.24) is 0 Å². The number of rotatable bonds is 2. The number of nitrogen functional groups attached to an aromatic ring is 1. The summed E-state index contributed by atoms with van der Waals surface area (Å²) in [6, 6.07) is 5.30. The molecule has 0 heterocycles. The molecule has 0 spiro atoms. The molecular formula is C13H8Cl2F2N2O. The highest BCUT2D eigenvalue weighted by Gasteiger charge is 2.13. The van der Waals surface area contributed by atoms with Crippen molar-refractivity contribution in [3.05, 3.63) is 57.6 Å². The van der Waals surface area contributed by atoms with Crippen LogP contribution in [0.5, 0.6) is 0 Å². The number of halogens is 4. The van der Waals surface area contributed by atoms with Gasteiger partial charge in [-0.3, -0.25) is 4.79 Å². The van der Waals surface area contributed by atoms with Crippen molar-refractivity contribution in [1.29, 1.82) is 0 Å². The third kappa shape index (κ3) is 3.00. The van der Waals surface area contributed by atoms with Gasteiger partial charge < -0.3 is 11.1 Å². The highest BCUT2D eigenvalue weighted by molar-refractivity contribution is 6.39. The monoisotopic (exact) mass is 316 g/mol. The summed E-state index contributed by atoms with van der Waals surface area (Å²) in [7, 11) is 0. The first-order valence-corrected chi connectivity index (χ1v) is 6.15. The van der Waals surface area contributed by atoms with Crippen LogP contribution in [0.2, 0.25) is 10.0 Å². The van der Waals surface area contributed by atoms with Crippen LogP contribution >= 0.6 is 23.2 Å². The number of benzene rings is 2. The third-order valence-electron chi connectivity index (χ3n) is 2.52. The molecule has 0 saturated heterocycles. The zero-order chi connectivity index (χ0) is 14.9. The summed E-state index contributed by atoms with van der Waals surface area (Å²) in [6.07, 6.45) is 0. The maximum atomic E-state index is 13.4. The topological polar surface area (TPSA) is 55.1 Å². The summed E-state index contributed by atoms with van der Waals surface area (Å²) >= 11 is 11.6. The predicted octanol–water partition coefficient (Wildman–Crippen LogP) is 4.11.